The van der Waals surface area contributed by atoms with E-state index in [0.717, 1.165) is 24.5 Å². The van der Waals surface area contributed by atoms with Crippen molar-refractivity contribution in [2.24, 2.45) is 5.73 Å². The van der Waals surface area contributed by atoms with Crippen LogP contribution in [0.5, 0.6) is 0 Å². The van der Waals surface area contributed by atoms with E-state index in [0.29, 0.717) is 29.5 Å². The lowest BCUT2D eigenvalue weighted by Gasteiger charge is -2.30. The average molecular weight is 389 g/mol. The number of carbonyl (C=O) groups excluding carboxylic acids is 2. The van der Waals surface area contributed by atoms with Gasteiger partial charge in [0.05, 0.1) is 31.1 Å². The molecule has 8 heteroatoms. The first-order valence-electron chi connectivity index (χ1n) is 8.59. The van der Waals surface area contributed by atoms with E-state index in [9.17, 15) is 9.59 Å². The maximum absolute atomic E-state index is 12.2. The van der Waals surface area contributed by atoms with E-state index in [1.54, 1.807) is 30.3 Å². The molecule has 1 saturated heterocycles. The second-order valence-electron chi connectivity index (χ2n) is 6.10. The first-order valence-corrected chi connectivity index (χ1v) is 8.96. The number of amides is 2. The van der Waals surface area contributed by atoms with Crippen LogP contribution in [0.2, 0.25) is 5.02 Å². The molecule has 0 spiro atoms. The lowest BCUT2D eigenvalue weighted by atomic mass is 10.2. The summed E-state index contributed by atoms with van der Waals surface area (Å²) in [6.45, 7) is 2.99. The Bertz CT molecular complexity index is 820. The molecule has 0 atom stereocenters. The summed E-state index contributed by atoms with van der Waals surface area (Å²) in [5, 5.41) is 6.51. The lowest BCUT2D eigenvalue weighted by Crippen LogP contribution is -2.36. The number of anilines is 3. The molecule has 0 saturated carbocycles. The maximum atomic E-state index is 12.2. The minimum Gasteiger partial charge on any atom is -0.378 e. The molecule has 27 heavy (non-hydrogen) atoms. The van der Waals surface area contributed by atoms with Crippen molar-refractivity contribution in [3.05, 3.63) is 53.1 Å². The zero-order chi connectivity index (χ0) is 19.2. The molecule has 7 nitrogen and oxygen atoms in total. The number of nitrogens with two attached hydrogens (primary N) is 1. The van der Waals surface area contributed by atoms with Gasteiger partial charge in [-0.3, -0.25) is 9.59 Å². The normalized spacial score (nSPS) is 13.9. The summed E-state index contributed by atoms with van der Waals surface area (Å²) in [5.41, 5.74) is 7.97. The summed E-state index contributed by atoms with van der Waals surface area (Å²) < 4.78 is 5.39. The van der Waals surface area contributed by atoms with Gasteiger partial charge >= 0.3 is 0 Å². The van der Waals surface area contributed by atoms with E-state index < -0.39 is 5.91 Å². The molecule has 0 bridgehead atoms. The third kappa shape index (κ3) is 5.12. The van der Waals surface area contributed by atoms with Crippen LogP contribution in [0.15, 0.2) is 42.5 Å². The first-order chi connectivity index (χ1) is 13.0. The molecule has 1 heterocycles. The zero-order valence-electron chi connectivity index (χ0n) is 14.7. The average Bonchev–Trinajstić information content (AvgIpc) is 2.67. The van der Waals surface area contributed by atoms with Crippen molar-refractivity contribution in [2.45, 2.75) is 0 Å². The van der Waals surface area contributed by atoms with Crippen molar-refractivity contribution in [3.8, 4) is 0 Å². The summed E-state index contributed by atoms with van der Waals surface area (Å²) in [6, 6.07) is 12.0. The number of carbonyl (C=O) groups is 2. The van der Waals surface area contributed by atoms with Crippen molar-refractivity contribution in [1.29, 1.82) is 0 Å². The molecule has 0 unspecified atom stereocenters. The Balaban J connectivity index is 1.62. The third-order valence-electron chi connectivity index (χ3n) is 4.20. The SMILES string of the molecule is NC(=O)c1ccc(NC(=O)CNc2cc(Cl)ccc2N2CCOCC2)cc1. The Labute approximate surface area is 162 Å². The molecule has 1 aliphatic heterocycles. The number of nitrogens with one attached hydrogen (secondary N) is 2. The van der Waals surface area contributed by atoms with Crippen LogP contribution < -0.4 is 21.3 Å². The molecule has 142 valence electrons. The van der Waals surface area contributed by atoms with Gasteiger partial charge in [-0.15, -0.1) is 0 Å². The van der Waals surface area contributed by atoms with Crippen LogP contribution >= 0.6 is 11.6 Å². The van der Waals surface area contributed by atoms with E-state index in [4.69, 9.17) is 22.1 Å². The van der Waals surface area contributed by atoms with Gasteiger partial charge in [-0.1, -0.05) is 11.6 Å². The number of morpholine rings is 1. The van der Waals surface area contributed by atoms with Crippen LogP contribution in [0.25, 0.3) is 0 Å². The quantitative estimate of drug-likeness (QED) is 0.705. The van der Waals surface area contributed by atoms with Crippen molar-refractivity contribution in [2.75, 3.05) is 48.4 Å². The summed E-state index contributed by atoms with van der Waals surface area (Å²) >= 11 is 6.12. The minimum atomic E-state index is -0.508. The minimum absolute atomic E-state index is 0.0786. The van der Waals surface area contributed by atoms with Gasteiger partial charge in [-0.25, -0.2) is 0 Å². The zero-order valence-corrected chi connectivity index (χ0v) is 15.5. The van der Waals surface area contributed by atoms with E-state index in [-0.39, 0.29) is 12.5 Å². The predicted octanol–water partition coefficient (Wildman–Crippen LogP) is 2.33. The fourth-order valence-corrected chi connectivity index (χ4v) is 3.00. The van der Waals surface area contributed by atoms with Gasteiger partial charge < -0.3 is 26.0 Å². The number of hydrogen-bond acceptors (Lipinski definition) is 5. The number of halogens is 1. The fraction of sp³-hybridized carbons (Fsp3) is 0.263. The first kappa shape index (κ1) is 19.0. The van der Waals surface area contributed by atoms with Crippen LogP contribution in [0.1, 0.15) is 10.4 Å². The van der Waals surface area contributed by atoms with Gasteiger partial charge in [0.1, 0.15) is 0 Å². The van der Waals surface area contributed by atoms with Crippen LogP contribution in [0.3, 0.4) is 0 Å². The fourth-order valence-electron chi connectivity index (χ4n) is 2.83. The highest BCUT2D eigenvalue weighted by Gasteiger charge is 2.15. The van der Waals surface area contributed by atoms with Crippen molar-refractivity contribution < 1.29 is 14.3 Å². The highest BCUT2D eigenvalue weighted by Crippen LogP contribution is 2.29. The molecule has 0 radical (unpaired) electrons. The molecule has 2 amide bonds. The van der Waals surface area contributed by atoms with Crippen LogP contribution in [-0.4, -0.2) is 44.7 Å². The number of hydrogen-bond donors (Lipinski definition) is 3. The van der Waals surface area contributed by atoms with Crippen LogP contribution in [0, 0.1) is 0 Å². The Hall–Kier alpha value is -2.77. The van der Waals surface area contributed by atoms with E-state index >= 15 is 0 Å². The van der Waals surface area contributed by atoms with E-state index in [1.165, 1.54) is 0 Å². The van der Waals surface area contributed by atoms with Gasteiger partial charge in [0.25, 0.3) is 0 Å². The lowest BCUT2D eigenvalue weighted by molar-refractivity contribution is -0.114. The third-order valence-corrected chi connectivity index (χ3v) is 4.44. The number of nitrogens with zero attached hydrogens (tertiary/aromatic N) is 1. The molecular weight excluding hydrogens is 368 g/mol. The predicted molar refractivity (Wildman–Crippen MR) is 107 cm³/mol. The molecule has 1 aliphatic rings. The molecule has 3 rings (SSSR count). The number of benzene rings is 2. The van der Waals surface area contributed by atoms with Crippen LogP contribution in [-0.2, 0) is 9.53 Å². The Morgan fingerprint density at radius 3 is 2.48 bits per heavy atom. The van der Waals surface area contributed by atoms with Gasteiger partial charge in [-0.05, 0) is 42.5 Å². The van der Waals surface area contributed by atoms with Gasteiger partial charge in [-0.2, -0.15) is 0 Å². The molecule has 0 aromatic heterocycles. The summed E-state index contributed by atoms with van der Waals surface area (Å²) in [6.07, 6.45) is 0. The summed E-state index contributed by atoms with van der Waals surface area (Å²) in [5.74, 6) is -0.721. The molecule has 1 fully saturated rings. The molecule has 0 aliphatic carbocycles. The Morgan fingerprint density at radius 1 is 1.11 bits per heavy atom. The molecule has 4 N–H and O–H groups in total. The molecule has 2 aromatic carbocycles. The Kier molecular flexibility index (Phi) is 6.16. The second kappa shape index (κ2) is 8.75. The van der Waals surface area contributed by atoms with Crippen molar-refractivity contribution in [1.82, 2.24) is 0 Å². The number of rotatable bonds is 6. The van der Waals surface area contributed by atoms with Gasteiger partial charge in [0.15, 0.2) is 0 Å². The summed E-state index contributed by atoms with van der Waals surface area (Å²) in [7, 11) is 0. The number of ether oxygens (including phenoxy) is 1. The largest absolute Gasteiger partial charge is 0.378 e. The van der Waals surface area contributed by atoms with Crippen molar-refractivity contribution in [3.63, 3.8) is 0 Å². The smallest absolute Gasteiger partial charge is 0.248 e. The second-order valence-corrected chi connectivity index (χ2v) is 6.54. The number of primary amides is 1. The Morgan fingerprint density at radius 2 is 1.81 bits per heavy atom. The van der Waals surface area contributed by atoms with Gasteiger partial charge in [0.2, 0.25) is 11.8 Å². The van der Waals surface area contributed by atoms with E-state index in [1.807, 2.05) is 12.1 Å². The monoisotopic (exact) mass is 388 g/mol. The topological polar surface area (TPSA) is 96.7 Å². The van der Waals surface area contributed by atoms with Crippen LogP contribution in [0.4, 0.5) is 17.1 Å². The molecule has 2 aromatic rings. The maximum Gasteiger partial charge on any atom is 0.248 e. The van der Waals surface area contributed by atoms with E-state index in [2.05, 4.69) is 15.5 Å². The molecular formula is C19H21ClN4O3. The summed E-state index contributed by atoms with van der Waals surface area (Å²) in [4.78, 5) is 25.5. The highest BCUT2D eigenvalue weighted by atomic mass is 35.5. The highest BCUT2D eigenvalue weighted by molar-refractivity contribution is 6.31. The van der Waals surface area contributed by atoms with Crippen molar-refractivity contribution >= 4 is 40.5 Å². The standard InChI is InChI=1S/C19H21ClN4O3/c20-14-3-6-17(24-7-9-27-10-8-24)16(11-14)22-12-18(25)23-15-4-1-13(2-5-15)19(21)26/h1-6,11,22H,7-10,12H2,(H2,21,26)(H,23,25). The van der Waals surface area contributed by atoms with Gasteiger partial charge in [0, 0.05) is 29.4 Å².